The molecule has 8 heteroatoms. The first kappa shape index (κ1) is 23.0. The van der Waals surface area contributed by atoms with Crippen molar-refractivity contribution >= 4 is 23.4 Å². The number of carbonyl (C=O) groups is 1. The van der Waals surface area contributed by atoms with Crippen molar-refractivity contribution in [1.29, 1.82) is 0 Å². The number of amides is 1. The molecule has 0 bridgehead atoms. The SMILES string of the molecule is COc1ccc(-n2c(SCC(=O)N3c4ccccc4C[C@H]3C)nnc2-c2ccccc2OC)cc1. The van der Waals surface area contributed by atoms with Gasteiger partial charge in [-0.3, -0.25) is 9.36 Å². The van der Waals surface area contributed by atoms with Crippen molar-refractivity contribution in [2.75, 3.05) is 24.9 Å². The van der Waals surface area contributed by atoms with Crippen LogP contribution in [0.2, 0.25) is 0 Å². The summed E-state index contributed by atoms with van der Waals surface area (Å²) in [6, 6.07) is 23.6. The third-order valence-electron chi connectivity index (χ3n) is 6.11. The maximum Gasteiger partial charge on any atom is 0.237 e. The van der Waals surface area contributed by atoms with Crippen LogP contribution < -0.4 is 14.4 Å². The van der Waals surface area contributed by atoms with Gasteiger partial charge in [-0.05, 0) is 61.4 Å². The fraction of sp³-hybridized carbons (Fsp3) is 0.222. The molecule has 2 heterocycles. The topological polar surface area (TPSA) is 69.5 Å². The number of hydrogen-bond acceptors (Lipinski definition) is 6. The lowest BCUT2D eigenvalue weighted by Crippen LogP contribution is -2.37. The Kier molecular flexibility index (Phi) is 6.46. The lowest BCUT2D eigenvalue weighted by Gasteiger charge is -2.22. The molecule has 0 radical (unpaired) electrons. The molecule has 178 valence electrons. The van der Waals surface area contributed by atoms with Gasteiger partial charge in [-0.1, -0.05) is 42.1 Å². The van der Waals surface area contributed by atoms with Gasteiger partial charge in [0.15, 0.2) is 11.0 Å². The number of nitrogens with zero attached hydrogens (tertiary/aromatic N) is 4. The van der Waals surface area contributed by atoms with Gasteiger partial charge in [0, 0.05) is 11.7 Å². The molecular weight excluding hydrogens is 460 g/mol. The Morgan fingerprint density at radius 3 is 2.49 bits per heavy atom. The van der Waals surface area contributed by atoms with Crippen molar-refractivity contribution in [3.63, 3.8) is 0 Å². The molecule has 1 amide bonds. The van der Waals surface area contributed by atoms with Crippen molar-refractivity contribution in [1.82, 2.24) is 14.8 Å². The van der Waals surface area contributed by atoms with E-state index >= 15 is 0 Å². The molecule has 5 rings (SSSR count). The number of fused-ring (bicyclic) bond motifs is 1. The Morgan fingerprint density at radius 1 is 0.971 bits per heavy atom. The van der Waals surface area contributed by atoms with Crippen LogP contribution in [0.3, 0.4) is 0 Å². The number of anilines is 1. The van der Waals surface area contributed by atoms with Crippen molar-refractivity contribution < 1.29 is 14.3 Å². The summed E-state index contributed by atoms with van der Waals surface area (Å²) in [5, 5.41) is 9.59. The number of rotatable bonds is 7. The zero-order valence-electron chi connectivity index (χ0n) is 19.8. The number of aromatic nitrogens is 3. The third kappa shape index (κ3) is 4.37. The molecule has 0 saturated carbocycles. The number of hydrogen-bond donors (Lipinski definition) is 0. The molecule has 0 fully saturated rings. The predicted molar refractivity (Wildman–Crippen MR) is 138 cm³/mol. The monoisotopic (exact) mass is 486 g/mol. The van der Waals surface area contributed by atoms with Crippen LogP contribution in [0.4, 0.5) is 5.69 Å². The molecular formula is C27H26N4O3S. The van der Waals surface area contributed by atoms with E-state index in [1.54, 1.807) is 14.2 Å². The van der Waals surface area contributed by atoms with Crippen molar-refractivity contribution in [3.8, 4) is 28.6 Å². The second-order valence-electron chi connectivity index (χ2n) is 8.27. The molecule has 4 aromatic rings. The van der Waals surface area contributed by atoms with E-state index in [1.807, 2.05) is 76.2 Å². The van der Waals surface area contributed by atoms with Crippen LogP contribution >= 0.6 is 11.8 Å². The molecule has 0 saturated heterocycles. The summed E-state index contributed by atoms with van der Waals surface area (Å²) < 4.78 is 12.9. The van der Waals surface area contributed by atoms with E-state index in [4.69, 9.17) is 9.47 Å². The highest BCUT2D eigenvalue weighted by Crippen LogP contribution is 2.35. The van der Waals surface area contributed by atoms with E-state index in [0.717, 1.165) is 29.1 Å². The summed E-state index contributed by atoms with van der Waals surface area (Å²) >= 11 is 1.38. The fourth-order valence-corrected chi connectivity index (χ4v) is 5.28. The van der Waals surface area contributed by atoms with Gasteiger partial charge in [0.1, 0.15) is 11.5 Å². The van der Waals surface area contributed by atoms with Gasteiger partial charge in [0.05, 0.1) is 31.2 Å². The summed E-state index contributed by atoms with van der Waals surface area (Å²) in [5.41, 5.74) is 3.89. The number of benzene rings is 3. The molecule has 7 nitrogen and oxygen atoms in total. The zero-order valence-corrected chi connectivity index (χ0v) is 20.7. The van der Waals surface area contributed by atoms with E-state index in [2.05, 4.69) is 23.2 Å². The summed E-state index contributed by atoms with van der Waals surface area (Å²) in [5.74, 6) is 2.40. The van der Waals surface area contributed by atoms with Gasteiger partial charge >= 0.3 is 0 Å². The quantitative estimate of drug-likeness (QED) is 0.342. The van der Waals surface area contributed by atoms with E-state index in [0.29, 0.717) is 16.7 Å². The Bertz CT molecular complexity index is 1350. The van der Waals surface area contributed by atoms with Gasteiger partial charge in [0.25, 0.3) is 0 Å². The van der Waals surface area contributed by atoms with Crippen molar-refractivity contribution in [2.45, 2.75) is 24.5 Å². The number of carbonyl (C=O) groups excluding carboxylic acids is 1. The van der Waals surface area contributed by atoms with Gasteiger partial charge in [-0.15, -0.1) is 10.2 Å². The molecule has 0 unspecified atom stereocenters. The Balaban J connectivity index is 1.48. The number of thioether (sulfide) groups is 1. The molecule has 1 aliphatic rings. The van der Waals surface area contributed by atoms with Crippen LogP contribution in [-0.4, -0.2) is 46.7 Å². The predicted octanol–water partition coefficient (Wildman–Crippen LogP) is 5.02. The van der Waals surface area contributed by atoms with Crippen LogP contribution in [0.1, 0.15) is 12.5 Å². The van der Waals surface area contributed by atoms with Crippen LogP contribution in [0, 0.1) is 0 Å². The molecule has 1 atom stereocenters. The molecule has 35 heavy (non-hydrogen) atoms. The van der Waals surface area contributed by atoms with Gasteiger partial charge in [-0.25, -0.2) is 0 Å². The summed E-state index contributed by atoms with van der Waals surface area (Å²) in [4.78, 5) is 15.2. The maximum atomic E-state index is 13.3. The first-order chi connectivity index (χ1) is 17.1. The second kappa shape index (κ2) is 9.84. The van der Waals surface area contributed by atoms with Crippen LogP contribution in [0.5, 0.6) is 11.5 Å². The minimum absolute atomic E-state index is 0.0515. The Hall–Kier alpha value is -3.78. The largest absolute Gasteiger partial charge is 0.497 e. The smallest absolute Gasteiger partial charge is 0.237 e. The third-order valence-corrected chi connectivity index (χ3v) is 7.03. The van der Waals surface area contributed by atoms with E-state index in [-0.39, 0.29) is 17.7 Å². The molecule has 0 N–H and O–H groups in total. The number of para-hydroxylation sites is 2. The number of ether oxygens (including phenoxy) is 2. The minimum atomic E-state index is 0.0515. The van der Waals surface area contributed by atoms with Crippen molar-refractivity contribution in [3.05, 3.63) is 78.4 Å². The van der Waals surface area contributed by atoms with E-state index in [1.165, 1.54) is 17.3 Å². The highest BCUT2D eigenvalue weighted by Gasteiger charge is 2.31. The lowest BCUT2D eigenvalue weighted by molar-refractivity contribution is -0.116. The van der Waals surface area contributed by atoms with Crippen molar-refractivity contribution in [2.24, 2.45) is 0 Å². The van der Waals surface area contributed by atoms with Gasteiger partial charge in [-0.2, -0.15) is 0 Å². The molecule has 0 spiro atoms. The highest BCUT2D eigenvalue weighted by molar-refractivity contribution is 7.99. The highest BCUT2D eigenvalue weighted by atomic mass is 32.2. The van der Waals surface area contributed by atoms with Gasteiger partial charge in [0.2, 0.25) is 5.91 Å². The average Bonchev–Trinajstić information content (AvgIpc) is 3.47. The van der Waals surface area contributed by atoms with Crippen LogP contribution in [-0.2, 0) is 11.2 Å². The first-order valence-electron chi connectivity index (χ1n) is 11.4. The normalized spacial score (nSPS) is 14.6. The Morgan fingerprint density at radius 2 is 1.71 bits per heavy atom. The maximum absolute atomic E-state index is 13.3. The number of methoxy groups -OCH3 is 2. The average molecular weight is 487 g/mol. The standard InChI is InChI=1S/C27H26N4O3S/c1-18-16-19-8-4-6-10-23(19)30(18)25(32)17-35-27-29-28-26(22-9-5-7-11-24(22)34-3)31(27)20-12-14-21(33-2)15-13-20/h4-15,18H,16-17H2,1-3H3/t18-/m1/s1. The Labute approximate surface area is 208 Å². The molecule has 0 aliphatic carbocycles. The zero-order chi connectivity index (χ0) is 24.4. The second-order valence-corrected chi connectivity index (χ2v) is 9.22. The van der Waals surface area contributed by atoms with E-state index in [9.17, 15) is 4.79 Å². The summed E-state index contributed by atoms with van der Waals surface area (Å²) in [6.45, 7) is 2.09. The summed E-state index contributed by atoms with van der Waals surface area (Å²) in [6.07, 6.45) is 0.868. The lowest BCUT2D eigenvalue weighted by atomic mass is 10.1. The first-order valence-corrected chi connectivity index (χ1v) is 12.3. The minimum Gasteiger partial charge on any atom is -0.497 e. The fourth-order valence-electron chi connectivity index (χ4n) is 4.47. The van der Waals surface area contributed by atoms with Crippen LogP contribution in [0.15, 0.2) is 78.0 Å². The molecule has 3 aromatic carbocycles. The molecule has 1 aliphatic heterocycles. The van der Waals surface area contributed by atoms with Gasteiger partial charge < -0.3 is 14.4 Å². The summed E-state index contributed by atoms with van der Waals surface area (Å²) in [7, 11) is 3.27. The molecule has 1 aromatic heterocycles. The van der Waals surface area contributed by atoms with E-state index < -0.39 is 0 Å². The van der Waals surface area contributed by atoms with Crippen LogP contribution in [0.25, 0.3) is 17.1 Å².